The van der Waals surface area contributed by atoms with E-state index in [0.717, 1.165) is 43.2 Å². The summed E-state index contributed by atoms with van der Waals surface area (Å²) < 4.78 is 24.6. The molecule has 200 valence electrons. The molecule has 3 fully saturated rings. The maximum absolute atomic E-state index is 13.8. The first-order chi connectivity index (χ1) is 17.8. The summed E-state index contributed by atoms with van der Waals surface area (Å²) in [4.78, 5) is 24.7. The Labute approximate surface area is 220 Å². The van der Waals surface area contributed by atoms with E-state index < -0.39 is 0 Å². The zero-order chi connectivity index (χ0) is 26.1. The molecule has 1 aromatic carbocycles. The van der Waals surface area contributed by atoms with Crippen molar-refractivity contribution >= 4 is 17.6 Å². The van der Waals surface area contributed by atoms with Crippen LogP contribution in [0.5, 0.6) is 0 Å². The van der Waals surface area contributed by atoms with Crippen LogP contribution in [0.4, 0.5) is 9.18 Å². The van der Waals surface area contributed by atoms with Gasteiger partial charge in [-0.15, -0.1) is 0 Å². The number of hydrogen-bond donors (Lipinski definition) is 1. The van der Waals surface area contributed by atoms with Crippen LogP contribution >= 0.6 is 0 Å². The third-order valence-corrected chi connectivity index (χ3v) is 8.99. The fourth-order valence-electron chi connectivity index (χ4n) is 7.39. The molecule has 5 nitrogen and oxygen atoms in total. The van der Waals surface area contributed by atoms with Gasteiger partial charge in [0.1, 0.15) is 11.9 Å². The maximum atomic E-state index is 13.8. The van der Waals surface area contributed by atoms with E-state index in [0.29, 0.717) is 18.4 Å². The normalized spacial score (nSPS) is 35.2. The van der Waals surface area contributed by atoms with E-state index in [-0.39, 0.29) is 55.1 Å². The van der Waals surface area contributed by atoms with Crippen LogP contribution in [0.15, 0.2) is 54.1 Å². The van der Waals surface area contributed by atoms with Crippen LogP contribution in [0.3, 0.4) is 0 Å². The molecule has 1 heterocycles. The minimum Gasteiger partial charge on any atom is -0.462 e. The molecule has 3 aliphatic carbocycles. The van der Waals surface area contributed by atoms with Crippen LogP contribution in [0.1, 0.15) is 59.9 Å². The van der Waals surface area contributed by atoms with Crippen LogP contribution in [0, 0.1) is 41.3 Å². The van der Waals surface area contributed by atoms with E-state index >= 15 is 0 Å². The summed E-state index contributed by atoms with van der Waals surface area (Å²) in [5, 5.41) is 3.02. The lowest BCUT2D eigenvalue weighted by Crippen LogP contribution is -2.48. The van der Waals surface area contributed by atoms with E-state index in [1.807, 2.05) is 19.9 Å². The molecule has 1 unspecified atom stereocenters. The summed E-state index contributed by atoms with van der Waals surface area (Å²) in [5.74, 6) is 1.23. The minimum atomic E-state index is -0.353. The molecule has 6 heteroatoms. The number of halogens is 1. The monoisotopic (exact) mass is 509 g/mol. The highest BCUT2D eigenvalue weighted by molar-refractivity contribution is 5.75. The van der Waals surface area contributed by atoms with Crippen molar-refractivity contribution in [2.75, 3.05) is 6.61 Å². The van der Waals surface area contributed by atoms with Crippen LogP contribution in [0.25, 0.3) is 5.57 Å². The van der Waals surface area contributed by atoms with Gasteiger partial charge in [-0.2, -0.15) is 0 Å². The molecule has 1 aromatic rings. The standard InChI is InChI=1S/C31H38FNO4.H2/c1-4-36-31(35)33-24-10-13-26-22(16-24)17-28-29(19(3)37-30(28)34)27(26)12-9-20-8-11-25(18(2)14-20)21-6-5-7-23(32)15-21;/h5-9,11-12,15,18-19,22,24,26-29H,4,10,13-14,16-17H2,1-3H3,(H,33,35);1H/b12-9+;/t18?,19-,22-,24-,26-,27+,28+,29+;/m1./s1. The SMILES string of the molecule is CCOC(=O)N[C@@H]1CC[C@@H]2[C@H](C1)C[C@@H]1C(=O)O[C@H](C)[C@H]1[C@H]2/C=C/C1=CC=C(c2cccc(F)c2)C(C)C1.[HH]. The molecule has 5 rings (SSSR count). The third kappa shape index (κ3) is 5.39. The molecular weight excluding hydrogens is 469 g/mol. The van der Waals surface area contributed by atoms with Gasteiger partial charge >= 0.3 is 12.1 Å². The van der Waals surface area contributed by atoms with E-state index in [9.17, 15) is 14.0 Å². The van der Waals surface area contributed by atoms with E-state index in [1.54, 1.807) is 12.1 Å². The van der Waals surface area contributed by atoms with Gasteiger partial charge in [0.2, 0.25) is 0 Å². The number of carbonyl (C=O) groups excluding carboxylic acids is 2. The second-order valence-electron chi connectivity index (χ2n) is 11.3. The number of benzene rings is 1. The summed E-state index contributed by atoms with van der Waals surface area (Å²) in [6.07, 6.45) is 13.0. The first-order valence-corrected chi connectivity index (χ1v) is 13.8. The van der Waals surface area contributed by atoms with Crippen molar-refractivity contribution in [3.8, 4) is 0 Å². The molecule has 8 atom stereocenters. The fraction of sp³-hybridized carbons (Fsp3) is 0.548. The smallest absolute Gasteiger partial charge is 0.407 e. The second kappa shape index (κ2) is 10.8. The van der Waals surface area contributed by atoms with Gasteiger partial charge in [-0.3, -0.25) is 4.79 Å². The lowest BCUT2D eigenvalue weighted by molar-refractivity contribution is -0.144. The van der Waals surface area contributed by atoms with Crippen LogP contribution in [-0.2, 0) is 14.3 Å². The van der Waals surface area contributed by atoms with Crippen molar-refractivity contribution in [2.45, 2.75) is 65.0 Å². The first kappa shape index (κ1) is 25.7. The zero-order valence-electron chi connectivity index (χ0n) is 22.0. The lowest BCUT2D eigenvalue weighted by Gasteiger charge is -2.47. The third-order valence-electron chi connectivity index (χ3n) is 8.99. The zero-order valence-corrected chi connectivity index (χ0v) is 22.0. The van der Waals surface area contributed by atoms with Gasteiger partial charge in [0.25, 0.3) is 0 Å². The van der Waals surface area contributed by atoms with Crippen LogP contribution < -0.4 is 5.32 Å². The Balaban J connectivity index is 0.00000336. The number of hydrogen-bond acceptors (Lipinski definition) is 4. The fourth-order valence-corrected chi connectivity index (χ4v) is 7.39. The number of carbonyl (C=O) groups is 2. The molecule has 1 N–H and O–H groups in total. The Morgan fingerprint density at radius 3 is 2.84 bits per heavy atom. The van der Waals surface area contributed by atoms with Crippen molar-refractivity contribution in [1.29, 1.82) is 0 Å². The molecule has 1 aliphatic heterocycles. The van der Waals surface area contributed by atoms with Gasteiger partial charge in [0.05, 0.1) is 12.5 Å². The van der Waals surface area contributed by atoms with Crippen LogP contribution in [0.2, 0.25) is 0 Å². The molecule has 1 amide bonds. The highest BCUT2D eigenvalue weighted by Crippen LogP contribution is 2.53. The number of alkyl carbamates (subject to hydrolysis) is 1. The van der Waals surface area contributed by atoms with Crippen molar-refractivity contribution in [3.63, 3.8) is 0 Å². The highest BCUT2D eigenvalue weighted by atomic mass is 19.1. The lowest BCUT2D eigenvalue weighted by atomic mass is 9.57. The molecule has 0 spiro atoms. The predicted octanol–water partition coefficient (Wildman–Crippen LogP) is 6.71. The van der Waals surface area contributed by atoms with Gasteiger partial charge in [-0.05, 0) is 98.5 Å². The van der Waals surface area contributed by atoms with Gasteiger partial charge in [0, 0.05) is 13.4 Å². The number of cyclic esters (lactones) is 1. The Morgan fingerprint density at radius 2 is 2.08 bits per heavy atom. The van der Waals surface area contributed by atoms with Gasteiger partial charge < -0.3 is 14.8 Å². The molecule has 0 radical (unpaired) electrons. The Morgan fingerprint density at radius 1 is 1.24 bits per heavy atom. The van der Waals surface area contributed by atoms with Crippen molar-refractivity contribution < 1.29 is 24.9 Å². The van der Waals surface area contributed by atoms with Gasteiger partial charge in [-0.1, -0.05) is 43.4 Å². The minimum absolute atomic E-state index is 0. The second-order valence-corrected chi connectivity index (χ2v) is 11.3. The summed E-state index contributed by atoms with van der Waals surface area (Å²) in [5.41, 5.74) is 3.35. The molecular formula is C31H40FNO4. The number of rotatable bonds is 5. The highest BCUT2D eigenvalue weighted by Gasteiger charge is 2.54. The molecule has 4 aliphatic rings. The predicted molar refractivity (Wildman–Crippen MR) is 143 cm³/mol. The number of ether oxygens (including phenoxy) is 2. The van der Waals surface area contributed by atoms with Crippen molar-refractivity contribution in [3.05, 3.63) is 65.5 Å². The topological polar surface area (TPSA) is 64.6 Å². The summed E-state index contributed by atoms with van der Waals surface area (Å²) in [6.45, 7) is 6.39. The number of esters is 1. The first-order valence-electron chi connectivity index (χ1n) is 13.8. The Bertz CT molecular complexity index is 1130. The van der Waals surface area contributed by atoms with Gasteiger partial charge in [0.15, 0.2) is 0 Å². The molecule has 37 heavy (non-hydrogen) atoms. The summed E-state index contributed by atoms with van der Waals surface area (Å²) >= 11 is 0. The number of amides is 1. The Hall–Kier alpha value is -2.89. The quantitative estimate of drug-likeness (QED) is 0.448. The summed E-state index contributed by atoms with van der Waals surface area (Å²) in [7, 11) is 0. The molecule has 1 saturated heterocycles. The number of allylic oxidation sites excluding steroid dienone is 6. The summed E-state index contributed by atoms with van der Waals surface area (Å²) in [6, 6.07) is 6.89. The van der Waals surface area contributed by atoms with Gasteiger partial charge in [-0.25, -0.2) is 9.18 Å². The largest absolute Gasteiger partial charge is 0.462 e. The van der Waals surface area contributed by atoms with E-state index in [2.05, 4.69) is 36.5 Å². The average molecular weight is 510 g/mol. The number of nitrogens with one attached hydrogen (secondary N) is 1. The molecule has 0 bridgehead atoms. The van der Waals surface area contributed by atoms with Crippen molar-refractivity contribution in [1.82, 2.24) is 5.32 Å². The van der Waals surface area contributed by atoms with E-state index in [4.69, 9.17) is 9.47 Å². The Kier molecular flexibility index (Phi) is 7.55. The van der Waals surface area contributed by atoms with Crippen LogP contribution in [-0.4, -0.2) is 30.8 Å². The van der Waals surface area contributed by atoms with Crippen molar-refractivity contribution in [2.24, 2.45) is 35.5 Å². The average Bonchev–Trinajstić information content (AvgIpc) is 3.14. The number of fused-ring (bicyclic) bond motifs is 2. The maximum Gasteiger partial charge on any atom is 0.407 e. The van der Waals surface area contributed by atoms with E-state index in [1.165, 1.54) is 11.6 Å². The molecule has 2 saturated carbocycles. The molecule has 0 aromatic heterocycles.